The first kappa shape index (κ1) is 21.6. The molecule has 0 unspecified atom stereocenters. The van der Waals surface area contributed by atoms with Crippen molar-refractivity contribution in [3.05, 3.63) is 33.8 Å². The van der Waals surface area contributed by atoms with E-state index in [1.807, 2.05) is 13.8 Å². The summed E-state index contributed by atoms with van der Waals surface area (Å²) in [5.41, 5.74) is -0.818. The predicted molar refractivity (Wildman–Crippen MR) is 111 cm³/mol. The molecule has 1 amide bonds. The highest BCUT2D eigenvalue weighted by atomic mass is 16.6. The third-order valence-electron chi connectivity index (χ3n) is 4.40. The number of hydrogen-bond donors (Lipinski definition) is 2. The minimum Gasteiger partial charge on any atom is -0.492 e. The minimum atomic E-state index is -0.635. The monoisotopic (exact) mass is 416 g/mol. The van der Waals surface area contributed by atoms with Crippen molar-refractivity contribution in [3.8, 4) is 5.88 Å². The molecule has 3 rings (SSSR count). The van der Waals surface area contributed by atoms with E-state index in [2.05, 4.69) is 10.4 Å². The molecule has 1 saturated carbocycles. The van der Waals surface area contributed by atoms with E-state index in [0.29, 0.717) is 17.8 Å². The molecular formula is C21H28N4O5. The van der Waals surface area contributed by atoms with Gasteiger partial charge in [0.2, 0.25) is 5.88 Å². The Hall–Kier alpha value is -3.10. The summed E-state index contributed by atoms with van der Waals surface area (Å²) in [6.45, 7) is 9.48. The number of rotatable bonds is 6. The molecule has 0 atom stereocenters. The predicted octanol–water partition coefficient (Wildman–Crippen LogP) is 2.10. The van der Waals surface area contributed by atoms with Crippen molar-refractivity contribution in [1.82, 2.24) is 19.5 Å². The fraction of sp³-hybridized carbons (Fsp3) is 0.524. The highest BCUT2D eigenvalue weighted by Gasteiger charge is 2.29. The Morgan fingerprint density at radius 1 is 1.37 bits per heavy atom. The summed E-state index contributed by atoms with van der Waals surface area (Å²) in [5, 5.41) is 17.5. The van der Waals surface area contributed by atoms with Crippen LogP contribution < -0.4 is 10.9 Å². The Bertz CT molecular complexity index is 1070. The zero-order valence-corrected chi connectivity index (χ0v) is 17.9. The van der Waals surface area contributed by atoms with Crippen LogP contribution in [-0.4, -0.2) is 42.8 Å². The van der Waals surface area contributed by atoms with Crippen LogP contribution in [0.15, 0.2) is 17.1 Å². The summed E-state index contributed by atoms with van der Waals surface area (Å²) in [5.74, 6) is -1.58. The van der Waals surface area contributed by atoms with Gasteiger partial charge in [0.1, 0.15) is 11.2 Å². The van der Waals surface area contributed by atoms with Gasteiger partial charge < -0.3 is 15.2 Å². The molecule has 0 aliphatic heterocycles. The summed E-state index contributed by atoms with van der Waals surface area (Å²) < 4.78 is 7.82. The quantitative estimate of drug-likeness (QED) is 0.551. The van der Waals surface area contributed by atoms with E-state index in [0.717, 1.165) is 17.4 Å². The number of hydrogen-bond acceptors (Lipinski definition) is 6. The van der Waals surface area contributed by atoms with Gasteiger partial charge in [-0.1, -0.05) is 13.8 Å². The molecule has 0 saturated heterocycles. The number of fused-ring (bicyclic) bond motifs is 1. The number of ether oxygens (including phenoxy) is 1. The van der Waals surface area contributed by atoms with Gasteiger partial charge >= 0.3 is 5.97 Å². The van der Waals surface area contributed by atoms with E-state index in [1.54, 1.807) is 20.8 Å². The van der Waals surface area contributed by atoms with Gasteiger partial charge in [0, 0.05) is 24.2 Å². The van der Waals surface area contributed by atoms with Crippen molar-refractivity contribution in [2.45, 2.75) is 65.6 Å². The van der Waals surface area contributed by atoms with Gasteiger partial charge in [-0.3, -0.25) is 14.2 Å². The van der Waals surface area contributed by atoms with E-state index in [9.17, 15) is 19.5 Å². The molecule has 1 aliphatic rings. The second-order valence-corrected chi connectivity index (χ2v) is 8.96. The van der Waals surface area contributed by atoms with Crippen LogP contribution in [0.2, 0.25) is 0 Å². The van der Waals surface area contributed by atoms with Crippen LogP contribution in [-0.2, 0) is 16.1 Å². The van der Waals surface area contributed by atoms with Crippen LogP contribution in [0.25, 0.3) is 11.7 Å². The molecule has 1 aliphatic carbocycles. The van der Waals surface area contributed by atoms with Crippen LogP contribution in [0.4, 0.5) is 0 Å². The maximum atomic E-state index is 13.1. The van der Waals surface area contributed by atoms with E-state index >= 15 is 0 Å². The lowest BCUT2D eigenvalue weighted by atomic mass is 10.2. The van der Waals surface area contributed by atoms with Crippen LogP contribution in [0.3, 0.4) is 0 Å². The molecule has 2 N–H and O–H groups in total. The Labute approximate surface area is 174 Å². The second-order valence-electron chi connectivity index (χ2n) is 8.96. The van der Waals surface area contributed by atoms with Crippen molar-refractivity contribution in [2.24, 2.45) is 5.92 Å². The first-order valence-corrected chi connectivity index (χ1v) is 10.0. The Morgan fingerprint density at radius 3 is 2.60 bits per heavy atom. The average molecular weight is 416 g/mol. The molecule has 9 heteroatoms. The van der Waals surface area contributed by atoms with Crippen molar-refractivity contribution in [1.29, 1.82) is 0 Å². The third-order valence-corrected chi connectivity index (χ3v) is 4.40. The van der Waals surface area contributed by atoms with Gasteiger partial charge in [0.05, 0.1) is 6.20 Å². The fourth-order valence-corrected chi connectivity index (χ4v) is 3.04. The van der Waals surface area contributed by atoms with Gasteiger partial charge in [-0.2, -0.15) is 9.61 Å². The van der Waals surface area contributed by atoms with Gasteiger partial charge in [-0.15, -0.1) is 0 Å². The molecular weight excluding hydrogens is 388 g/mol. The minimum absolute atomic E-state index is 0.0375. The molecule has 2 aromatic rings. The lowest BCUT2D eigenvalue weighted by Crippen LogP contribution is -2.36. The Balaban J connectivity index is 2.10. The average Bonchev–Trinajstić information content (AvgIpc) is 3.31. The molecule has 0 bridgehead atoms. The number of nitrogens with zero attached hydrogens (tertiary/aromatic N) is 3. The number of carbonyl (C=O) groups excluding carboxylic acids is 2. The largest absolute Gasteiger partial charge is 0.492 e. The van der Waals surface area contributed by atoms with E-state index < -0.39 is 28.9 Å². The molecule has 162 valence electrons. The van der Waals surface area contributed by atoms with Crippen LogP contribution in [0, 0.1) is 5.92 Å². The SMILES string of the molecule is CC(C)Cn1c(=O)c(C(=O)NC2CC2)c(O)n2ncc(/C=C/C(=O)OC(C)(C)C)c12. The topological polar surface area (TPSA) is 115 Å². The number of amides is 1. The highest BCUT2D eigenvalue weighted by molar-refractivity contribution is 5.97. The normalized spacial score (nSPS) is 14.6. The summed E-state index contributed by atoms with van der Waals surface area (Å²) in [7, 11) is 0. The molecule has 0 spiro atoms. The maximum Gasteiger partial charge on any atom is 0.331 e. The summed E-state index contributed by atoms with van der Waals surface area (Å²) >= 11 is 0. The standard InChI is InChI=1S/C21H28N4O5/c1-12(2)11-24-18-13(6-9-15(26)30-21(3,4)5)10-22-25(18)20(29)16(19(24)28)17(27)23-14-7-8-14/h6,9-10,12,14,29H,7-8,11H2,1-5H3,(H,23,27)/b9-6+. The van der Waals surface area contributed by atoms with Gasteiger partial charge in [-0.05, 0) is 45.6 Å². The van der Waals surface area contributed by atoms with Gasteiger partial charge in [0.25, 0.3) is 11.5 Å². The summed E-state index contributed by atoms with van der Waals surface area (Å²) in [6.07, 6.45) is 5.87. The van der Waals surface area contributed by atoms with Crippen molar-refractivity contribution >= 4 is 23.6 Å². The first-order chi connectivity index (χ1) is 14.0. The zero-order chi connectivity index (χ0) is 22.2. The molecule has 2 heterocycles. The number of nitrogens with one attached hydrogen (secondary N) is 1. The number of aromatic hydroxyl groups is 1. The first-order valence-electron chi connectivity index (χ1n) is 10.0. The number of carbonyl (C=O) groups is 2. The highest BCUT2D eigenvalue weighted by Crippen LogP contribution is 2.23. The van der Waals surface area contributed by atoms with Crippen molar-refractivity contribution in [3.63, 3.8) is 0 Å². The molecule has 0 aromatic carbocycles. The second kappa shape index (κ2) is 7.97. The Kier molecular flexibility index (Phi) is 5.74. The molecule has 1 fully saturated rings. The van der Waals surface area contributed by atoms with Crippen molar-refractivity contribution in [2.75, 3.05) is 0 Å². The van der Waals surface area contributed by atoms with Gasteiger partial charge in [0.15, 0.2) is 5.56 Å². The fourth-order valence-electron chi connectivity index (χ4n) is 3.04. The zero-order valence-electron chi connectivity index (χ0n) is 17.9. The smallest absolute Gasteiger partial charge is 0.331 e. The van der Waals surface area contributed by atoms with E-state index in [-0.39, 0.29) is 17.5 Å². The number of esters is 1. The van der Waals surface area contributed by atoms with E-state index in [1.165, 1.54) is 22.9 Å². The van der Waals surface area contributed by atoms with Crippen LogP contribution in [0.1, 0.15) is 63.4 Å². The van der Waals surface area contributed by atoms with Crippen molar-refractivity contribution < 1.29 is 19.4 Å². The number of aromatic nitrogens is 3. The lowest BCUT2D eigenvalue weighted by molar-refractivity contribution is -0.148. The summed E-state index contributed by atoms with van der Waals surface area (Å²) in [4.78, 5) is 37.7. The molecule has 2 aromatic heterocycles. The molecule has 0 radical (unpaired) electrons. The van der Waals surface area contributed by atoms with Crippen LogP contribution in [0.5, 0.6) is 5.88 Å². The lowest BCUT2D eigenvalue weighted by Gasteiger charge is -2.18. The van der Waals surface area contributed by atoms with Gasteiger partial charge in [-0.25, -0.2) is 4.79 Å². The Morgan fingerprint density at radius 2 is 2.03 bits per heavy atom. The van der Waals surface area contributed by atoms with E-state index in [4.69, 9.17) is 4.74 Å². The molecule has 30 heavy (non-hydrogen) atoms. The maximum absolute atomic E-state index is 13.1. The van der Waals surface area contributed by atoms with Crippen LogP contribution >= 0.6 is 0 Å². The summed E-state index contributed by atoms with van der Waals surface area (Å²) in [6, 6.07) is 0.0375. The third kappa shape index (κ3) is 4.72. The molecule has 9 nitrogen and oxygen atoms in total.